The number of aliphatic carboxylic acids is 1. The molecule has 0 radical (unpaired) electrons. The Hall–Kier alpha value is -1.89. The van der Waals surface area contributed by atoms with E-state index in [0.717, 1.165) is 0 Å². The van der Waals surface area contributed by atoms with E-state index in [2.05, 4.69) is 21.2 Å². The molecule has 0 aromatic heterocycles. The van der Waals surface area contributed by atoms with E-state index < -0.39 is 11.4 Å². The van der Waals surface area contributed by atoms with E-state index in [1.54, 1.807) is 6.07 Å². The minimum absolute atomic E-state index is 0.108. The van der Waals surface area contributed by atoms with Gasteiger partial charge in [0.2, 0.25) is 0 Å². The van der Waals surface area contributed by atoms with Crippen LogP contribution in [0.15, 0.2) is 16.6 Å². The number of carbonyl (C=O) groups excluding carboxylic acids is 2. The van der Waals surface area contributed by atoms with Crippen molar-refractivity contribution in [2.45, 2.75) is 20.3 Å². The van der Waals surface area contributed by atoms with Crippen LogP contribution in [0.1, 0.15) is 30.6 Å². The van der Waals surface area contributed by atoms with E-state index in [-0.39, 0.29) is 24.7 Å². The summed E-state index contributed by atoms with van der Waals surface area (Å²) < 4.78 is 5.74. The molecule has 1 heterocycles. The first-order chi connectivity index (χ1) is 9.70. The maximum Gasteiger partial charge on any atom is 0.309 e. The Bertz CT molecular complexity index is 638. The molecule has 2 N–H and O–H groups in total. The van der Waals surface area contributed by atoms with Crippen LogP contribution >= 0.6 is 15.9 Å². The van der Waals surface area contributed by atoms with E-state index in [9.17, 15) is 14.4 Å². The maximum atomic E-state index is 12.3. The SMILES string of the molecule is CC(C)(CC(=O)c1cc2c(cc1Br)NC(=O)CO2)C(=O)O. The number of hydrogen-bond donors (Lipinski definition) is 2. The van der Waals surface area contributed by atoms with Crippen molar-refractivity contribution in [1.29, 1.82) is 0 Å². The third kappa shape index (κ3) is 3.24. The second-order valence-corrected chi connectivity index (χ2v) is 6.31. The highest BCUT2D eigenvalue weighted by atomic mass is 79.9. The molecule has 1 aromatic rings. The van der Waals surface area contributed by atoms with Crippen LogP contribution in [0.25, 0.3) is 0 Å². The number of nitrogens with one attached hydrogen (secondary N) is 1. The summed E-state index contributed by atoms with van der Waals surface area (Å²) in [6.45, 7) is 2.88. The number of hydrogen-bond acceptors (Lipinski definition) is 4. The molecule has 0 fully saturated rings. The smallest absolute Gasteiger partial charge is 0.309 e. The average Bonchev–Trinajstić information content (AvgIpc) is 2.36. The number of carboxylic acids is 1. The van der Waals surface area contributed by atoms with E-state index in [1.807, 2.05) is 0 Å². The number of rotatable bonds is 4. The lowest BCUT2D eigenvalue weighted by molar-refractivity contribution is -0.146. The van der Waals surface area contributed by atoms with Gasteiger partial charge in [0.25, 0.3) is 5.91 Å². The summed E-state index contributed by atoms with van der Waals surface area (Å²) in [6, 6.07) is 3.09. The second kappa shape index (κ2) is 5.48. The highest BCUT2D eigenvalue weighted by molar-refractivity contribution is 9.10. The number of carbonyl (C=O) groups is 3. The molecule has 0 spiro atoms. The van der Waals surface area contributed by atoms with Crippen LogP contribution in [-0.4, -0.2) is 29.4 Å². The van der Waals surface area contributed by atoms with Gasteiger partial charge in [0.15, 0.2) is 12.4 Å². The van der Waals surface area contributed by atoms with E-state index in [4.69, 9.17) is 9.84 Å². The predicted molar refractivity (Wildman–Crippen MR) is 78.6 cm³/mol. The van der Waals surface area contributed by atoms with Crippen molar-refractivity contribution >= 4 is 39.3 Å². The van der Waals surface area contributed by atoms with Crippen molar-refractivity contribution in [1.82, 2.24) is 0 Å². The molecular formula is C14H14BrNO5. The number of amides is 1. The summed E-state index contributed by atoms with van der Waals surface area (Å²) in [7, 11) is 0. The molecule has 0 saturated carbocycles. The van der Waals surface area contributed by atoms with Gasteiger partial charge in [0.05, 0.1) is 11.1 Å². The number of ketones is 1. The zero-order valence-electron chi connectivity index (χ0n) is 11.5. The molecule has 2 rings (SSSR count). The topological polar surface area (TPSA) is 92.7 Å². The minimum atomic E-state index is -1.15. The summed E-state index contributed by atoms with van der Waals surface area (Å²) in [5.74, 6) is -1.21. The summed E-state index contributed by atoms with van der Waals surface area (Å²) >= 11 is 3.27. The van der Waals surface area contributed by atoms with Crippen LogP contribution in [0.4, 0.5) is 5.69 Å². The van der Waals surface area contributed by atoms with Crippen molar-refractivity contribution in [2.24, 2.45) is 5.41 Å². The first-order valence-corrected chi connectivity index (χ1v) is 7.03. The van der Waals surface area contributed by atoms with Gasteiger partial charge < -0.3 is 15.2 Å². The fourth-order valence-corrected chi connectivity index (χ4v) is 2.45. The van der Waals surface area contributed by atoms with Crippen molar-refractivity contribution < 1.29 is 24.2 Å². The summed E-state index contributed by atoms with van der Waals surface area (Å²) in [5, 5.41) is 11.7. The van der Waals surface area contributed by atoms with Gasteiger partial charge in [-0.05, 0) is 41.9 Å². The molecular weight excluding hydrogens is 342 g/mol. The summed E-state index contributed by atoms with van der Waals surface area (Å²) in [6.07, 6.45) is -0.133. The molecule has 6 nitrogen and oxygen atoms in total. The van der Waals surface area contributed by atoms with Crippen molar-refractivity contribution in [3.8, 4) is 5.75 Å². The van der Waals surface area contributed by atoms with Crippen molar-refractivity contribution in [2.75, 3.05) is 11.9 Å². The molecule has 1 aliphatic rings. The molecule has 0 unspecified atom stereocenters. The zero-order chi connectivity index (χ0) is 15.8. The molecule has 0 bridgehead atoms. The van der Waals surface area contributed by atoms with Crippen LogP contribution in [0.5, 0.6) is 5.75 Å². The zero-order valence-corrected chi connectivity index (χ0v) is 13.1. The van der Waals surface area contributed by atoms with E-state index in [0.29, 0.717) is 21.5 Å². The number of Topliss-reactive ketones (excluding diaryl/α,β-unsaturated/α-hetero) is 1. The summed E-state index contributed by atoms with van der Waals surface area (Å²) in [5.41, 5.74) is -0.340. The monoisotopic (exact) mass is 355 g/mol. The molecule has 21 heavy (non-hydrogen) atoms. The lowest BCUT2D eigenvalue weighted by atomic mass is 9.85. The number of benzene rings is 1. The Morgan fingerprint density at radius 3 is 2.71 bits per heavy atom. The predicted octanol–water partition coefficient (Wildman–Crippen LogP) is 2.46. The number of halogens is 1. The third-order valence-corrected chi connectivity index (χ3v) is 3.84. The van der Waals surface area contributed by atoms with E-state index >= 15 is 0 Å². The maximum absolute atomic E-state index is 12.3. The van der Waals surface area contributed by atoms with Crippen LogP contribution in [0.3, 0.4) is 0 Å². The molecule has 112 valence electrons. The van der Waals surface area contributed by atoms with Gasteiger partial charge in [-0.1, -0.05) is 0 Å². The molecule has 0 atom stereocenters. The van der Waals surface area contributed by atoms with E-state index in [1.165, 1.54) is 19.9 Å². The van der Waals surface area contributed by atoms with Crippen molar-refractivity contribution in [3.05, 3.63) is 22.2 Å². The van der Waals surface area contributed by atoms with Crippen LogP contribution in [0.2, 0.25) is 0 Å². The fraction of sp³-hybridized carbons (Fsp3) is 0.357. The Morgan fingerprint density at radius 1 is 1.43 bits per heavy atom. The van der Waals surface area contributed by atoms with Crippen LogP contribution < -0.4 is 10.1 Å². The van der Waals surface area contributed by atoms with Gasteiger partial charge >= 0.3 is 5.97 Å². The summed E-state index contributed by atoms with van der Waals surface area (Å²) in [4.78, 5) is 34.6. The molecule has 7 heteroatoms. The molecule has 0 saturated heterocycles. The molecule has 1 aromatic carbocycles. The quantitative estimate of drug-likeness (QED) is 0.809. The molecule has 0 aliphatic carbocycles. The number of anilines is 1. The van der Waals surface area contributed by atoms with Gasteiger partial charge in [-0.3, -0.25) is 14.4 Å². The normalized spacial score (nSPS) is 14.0. The van der Waals surface area contributed by atoms with Crippen LogP contribution in [0, 0.1) is 5.41 Å². The van der Waals surface area contributed by atoms with Crippen molar-refractivity contribution in [3.63, 3.8) is 0 Å². The van der Waals surface area contributed by atoms with Gasteiger partial charge in [-0.25, -0.2) is 0 Å². The Kier molecular flexibility index (Phi) is 4.04. The standard InChI is InChI=1S/C14H14BrNO5/c1-14(2,13(19)20)5-10(17)7-3-11-9(4-8(7)15)16-12(18)6-21-11/h3-4H,5-6H2,1-2H3,(H,16,18)(H,19,20). The fourth-order valence-electron chi connectivity index (χ4n) is 1.89. The second-order valence-electron chi connectivity index (χ2n) is 5.45. The number of carboxylic acid groups (broad SMARTS) is 1. The number of fused-ring (bicyclic) bond motifs is 1. The van der Waals surface area contributed by atoms with Gasteiger partial charge in [-0.15, -0.1) is 0 Å². The largest absolute Gasteiger partial charge is 0.482 e. The third-order valence-electron chi connectivity index (χ3n) is 3.18. The highest BCUT2D eigenvalue weighted by Crippen LogP contribution is 2.35. The Morgan fingerprint density at radius 2 is 2.10 bits per heavy atom. The highest BCUT2D eigenvalue weighted by Gasteiger charge is 2.31. The first kappa shape index (κ1) is 15.5. The number of ether oxygens (including phenoxy) is 1. The molecule has 1 aliphatic heterocycles. The van der Waals surface area contributed by atoms with Gasteiger partial charge in [0.1, 0.15) is 5.75 Å². The lowest BCUT2D eigenvalue weighted by Crippen LogP contribution is -2.28. The Labute approximate surface area is 129 Å². The minimum Gasteiger partial charge on any atom is -0.482 e. The van der Waals surface area contributed by atoms with Gasteiger partial charge in [-0.2, -0.15) is 0 Å². The first-order valence-electron chi connectivity index (χ1n) is 6.23. The van der Waals surface area contributed by atoms with Crippen LogP contribution in [-0.2, 0) is 9.59 Å². The lowest BCUT2D eigenvalue weighted by Gasteiger charge is -2.21. The Balaban J connectivity index is 2.31. The average molecular weight is 356 g/mol. The van der Waals surface area contributed by atoms with Gasteiger partial charge in [0, 0.05) is 16.5 Å². The molecule has 1 amide bonds.